The number of amides is 1. The molecule has 0 aliphatic heterocycles. The monoisotopic (exact) mass is 400 g/mol. The number of H-pyrrole nitrogens is 1. The van der Waals surface area contributed by atoms with Gasteiger partial charge in [0.1, 0.15) is 11.9 Å². The summed E-state index contributed by atoms with van der Waals surface area (Å²) in [4.78, 5) is 44.5. The van der Waals surface area contributed by atoms with Gasteiger partial charge in [0.05, 0.1) is 20.8 Å². The molecule has 2 heterocycles. The molecule has 9 heteroatoms. The lowest BCUT2D eigenvalue weighted by Gasteiger charge is -2.17. The Morgan fingerprint density at radius 3 is 2.79 bits per heavy atom. The summed E-state index contributed by atoms with van der Waals surface area (Å²) in [5.41, 5.74) is 1.41. The maximum Gasteiger partial charge on any atom is 0.325 e. The Kier molecular flexibility index (Phi) is 5.46. The first kappa shape index (κ1) is 19.6. The standard InChI is InChI=1S/C19H20N4O4S/c1-10(19(26)27)20-18(25)15-6-7-16(28-15)23(3)9-12-4-5-14-13(8-12)17(24)22-11(2)21-14/h4-8,10H,9H2,1-3H3,(H,20,25)(H,26,27)(H,21,22,24)/t10-/m0/s1. The van der Waals surface area contributed by atoms with Crippen LogP contribution in [-0.2, 0) is 11.3 Å². The number of carboxylic acids is 1. The number of carbonyl (C=O) groups is 2. The lowest BCUT2D eigenvalue weighted by Crippen LogP contribution is -2.37. The van der Waals surface area contributed by atoms with Crippen molar-refractivity contribution in [1.29, 1.82) is 0 Å². The van der Waals surface area contributed by atoms with E-state index in [1.54, 1.807) is 13.0 Å². The summed E-state index contributed by atoms with van der Waals surface area (Å²) >= 11 is 1.27. The average Bonchev–Trinajstić information content (AvgIpc) is 3.12. The number of hydrogen-bond acceptors (Lipinski definition) is 6. The molecule has 0 bridgehead atoms. The highest BCUT2D eigenvalue weighted by Crippen LogP contribution is 2.26. The minimum absolute atomic E-state index is 0.172. The van der Waals surface area contributed by atoms with Crippen molar-refractivity contribution in [2.75, 3.05) is 11.9 Å². The van der Waals surface area contributed by atoms with Crippen LogP contribution in [0.2, 0.25) is 0 Å². The molecule has 3 N–H and O–H groups in total. The molecule has 3 rings (SSSR count). The molecule has 2 aromatic heterocycles. The second kappa shape index (κ2) is 7.81. The number of aromatic nitrogens is 2. The van der Waals surface area contributed by atoms with Crippen LogP contribution in [0.1, 0.15) is 28.0 Å². The Morgan fingerprint density at radius 2 is 2.07 bits per heavy atom. The van der Waals surface area contributed by atoms with E-state index in [0.29, 0.717) is 28.1 Å². The first-order chi connectivity index (χ1) is 13.2. The van der Waals surface area contributed by atoms with Gasteiger partial charge in [0.15, 0.2) is 0 Å². The van der Waals surface area contributed by atoms with Crippen LogP contribution in [-0.4, -0.2) is 40.0 Å². The normalized spacial score (nSPS) is 12.0. The number of nitrogens with one attached hydrogen (secondary N) is 2. The summed E-state index contributed by atoms with van der Waals surface area (Å²) in [6.07, 6.45) is 0. The SMILES string of the molecule is Cc1nc2ccc(CN(C)c3ccc(C(=O)N[C@@H](C)C(=O)O)s3)cc2c(=O)[nH]1. The average molecular weight is 400 g/mol. The number of carbonyl (C=O) groups excluding carboxylic acids is 1. The van der Waals surface area contributed by atoms with Crippen LogP contribution in [0.25, 0.3) is 10.9 Å². The molecule has 3 aromatic rings. The number of nitrogens with zero attached hydrogens (tertiary/aromatic N) is 2. The van der Waals surface area contributed by atoms with Gasteiger partial charge >= 0.3 is 5.97 Å². The summed E-state index contributed by atoms with van der Waals surface area (Å²) in [5, 5.41) is 12.7. The number of benzene rings is 1. The highest BCUT2D eigenvalue weighted by Gasteiger charge is 2.17. The number of hydrogen-bond donors (Lipinski definition) is 3. The molecule has 1 amide bonds. The molecule has 0 spiro atoms. The summed E-state index contributed by atoms with van der Waals surface area (Å²) in [6.45, 7) is 3.69. The molecule has 1 aromatic carbocycles. The van der Waals surface area contributed by atoms with Gasteiger partial charge < -0.3 is 20.3 Å². The number of carboxylic acid groups (broad SMARTS) is 1. The zero-order chi connectivity index (χ0) is 20.4. The number of aromatic amines is 1. The van der Waals surface area contributed by atoms with Crippen LogP contribution >= 0.6 is 11.3 Å². The number of aryl methyl sites for hydroxylation is 1. The number of anilines is 1. The molecule has 0 aliphatic rings. The third-order valence-electron chi connectivity index (χ3n) is 4.22. The Bertz CT molecular complexity index is 1100. The summed E-state index contributed by atoms with van der Waals surface area (Å²) in [5.74, 6) is -0.930. The van der Waals surface area contributed by atoms with Crippen LogP contribution in [0.15, 0.2) is 35.1 Å². The lowest BCUT2D eigenvalue weighted by atomic mass is 10.1. The van der Waals surface area contributed by atoms with Crippen LogP contribution in [0.5, 0.6) is 0 Å². The van der Waals surface area contributed by atoms with Gasteiger partial charge in [-0.3, -0.25) is 14.4 Å². The maximum atomic E-state index is 12.1. The van der Waals surface area contributed by atoms with Gasteiger partial charge in [0, 0.05) is 13.6 Å². The van der Waals surface area contributed by atoms with Gasteiger partial charge in [0.2, 0.25) is 0 Å². The van der Waals surface area contributed by atoms with Crippen molar-refractivity contribution < 1.29 is 14.7 Å². The van der Waals surface area contributed by atoms with Crippen molar-refractivity contribution in [3.8, 4) is 0 Å². The van der Waals surface area contributed by atoms with Crippen molar-refractivity contribution in [3.63, 3.8) is 0 Å². The van der Waals surface area contributed by atoms with Crippen LogP contribution in [0.3, 0.4) is 0 Å². The quantitative estimate of drug-likeness (QED) is 0.584. The largest absolute Gasteiger partial charge is 0.480 e. The third-order valence-corrected chi connectivity index (χ3v) is 5.42. The molecular formula is C19H20N4O4S. The smallest absolute Gasteiger partial charge is 0.325 e. The Hall–Kier alpha value is -3.20. The molecule has 0 aliphatic carbocycles. The molecule has 28 heavy (non-hydrogen) atoms. The van der Waals surface area contributed by atoms with Crippen LogP contribution < -0.4 is 15.8 Å². The first-order valence-corrected chi connectivity index (χ1v) is 9.40. The fourth-order valence-corrected chi connectivity index (χ4v) is 3.61. The minimum Gasteiger partial charge on any atom is -0.480 e. The number of fused-ring (bicyclic) bond motifs is 1. The zero-order valence-electron chi connectivity index (χ0n) is 15.6. The third kappa shape index (κ3) is 4.20. The lowest BCUT2D eigenvalue weighted by molar-refractivity contribution is -0.138. The van der Waals surface area contributed by atoms with Gasteiger partial charge in [-0.05, 0) is 43.7 Å². The molecule has 0 unspecified atom stereocenters. The van der Waals surface area contributed by atoms with Gasteiger partial charge in [-0.25, -0.2) is 4.98 Å². The highest BCUT2D eigenvalue weighted by atomic mass is 32.1. The summed E-state index contributed by atoms with van der Waals surface area (Å²) < 4.78 is 0. The van der Waals surface area contributed by atoms with Crippen molar-refractivity contribution in [1.82, 2.24) is 15.3 Å². The van der Waals surface area contributed by atoms with Crippen LogP contribution in [0.4, 0.5) is 5.00 Å². The minimum atomic E-state index is -1.08. The van der Waals surface area contributed by atoms with Crippen LogP contribution in [0, 0.1) is 6.92 Å². The zero-order valence-corrected chi connectivity index (χ0v) is 16.5. The predicted molar refractivity (Wildman–Crippen MR) is 108 cm³/mol. The summed E-state index contributed by atoms with van der Waals surface area (Å²) in [7, 11) is 1.88. The van der Waals surface area contributed by atoms with E-state index >= 15 is 0 Å². The van der Waals surface area contributed by atoms with Gasteiger partial charge in [0.25, 0.3) is 11.5 Å². The van der Waals surface area contributed by atoms with E-state index in [4.69, 9.17) is 5.11 Å². The fourth-order valence-electron chi connectivity index (χ4n) is 2.74. The van der Waals surface area contributed by atoms with E-state index in [1.807, 2.05) is 36.2 Å². The Labute approximate surface area is 164 Å². The number of thiophene rings is 1. The topological polar surface area (TPSA) is 115 Å². The van der Waals surface area contributed by atoms with E-state index in [0.717, 1.165) is 10.6 Å². The van der Waals surface area contributed by atoms with Gasteiger partial charge in [-0.15, -0.1) is 11.3 Å². The maximum absolute atomic E-state index is 12.1. The van der Waals surface area contributed by atoms with Crippen molar-refractivity contribution in [2.45, 2.75) is 26.4 Å². The Balaban J connectivity index is 1.75. The molecule has 0 saturated heterocycles. The number of rotatable bonds is 6. The van der Waals surface area contributed by atoms with E-state index in [1.165, 1.54) is 18.3 Å². The first-order valence-electron chi connectivity index (χ1n) is 8.59. The van der Waals surface area contributed by atoms with Gasteiger partial charge in [-0.1, -0.05) is 6.07 Å². The molecule has 1 atom stereocenters. The highest BCUT2D eigenvalue weighted by molar-refractivity contribution is 7.17. The molecule has 146 valence electrons. The van der Waals surface area contributed by atoms with E-state index in [-0.39, 0.29) is 5.56 Å². The second-order valence-corrected chi connectivity index (χ2v) is 7.59. The molecular weight excluding hydrogens is 380 g/mol. The fraction of sp³-hybridized carbons (Fsp3) is 0.263. The predicted octanol–water partition coefficient (Wildman–Crippen LogP) is 2.13. The molecule has 0 radical (unpaired) electrons. The van der Waals surface area contributed by atoms with E-state index in [2.05, 4.69) is 15.3 Å². The van der Waals surface area contributed by atoms with Crippen molar-refractivity contribution >= 4 is 39.1 Å². The molecule has 0 saturated carbocycles. The second-order valence-electron chi connectivity index (χ2n) is 6.53. The van der Waals surface area contributed by atoms with E-state index in [9.17, 15) is 14.4 Å². The number of aliphatic carboxylic acids is 1. The van der Waals surface area contributed by atoms with Crippen molar-refractivity contribution in [3.05, 3.63) is 57.0 Å². The van der Waals surface area contributed by atoms with Crippen molar-refractivity contribution in [2.24, 2.45) is 0 Å². The molecule has 0 fully saturated rings. The molecule has 8 nitrogen and oxygen atoms in total. The van der Waals surface area contributed by atoms with E-state index < -0.39 is 17.9 Å². The van der Waals surface area contributed by atoms with Gasteiger partial charge in [-0.2, -0.15) is 0 Å². The Morgan fingerprint density at radius 1 is 1.32 bits per heavy atom. The summed E-state index contributed by atoms with van der Waals surface area (Å²) in [6, 6.07) is 8.07.